The quantitative estimate of drug-likeness (QED) is 0.799. The summed E-state index contributed by atoms with van der Waals surface area (Å²) in [5.41, 5.74) is 4.34. The van der Waals surface area contributed by atoms with Crippen LogP contribution < -0.4 is 14.3 Å². The maximum atomic E-state index is 12.1. The van der Waals surface area contributed by atoms with E-state index < -0.39 is 10.2 Å². The Kier molecular flexibility index (Phi) is 5.73. The SMILES string of the molecule is Cc1cc(CNS(=O)(=O)NCc2ccccc2)ccc1N1CCCC1. The van der Waals surface area contributed by atoms with Crippen LogP contribution in [0.4, 0.5) is 5.69 Å². The van der Waals surface area contributed by atoms with Gasteiger partial charge >= 0.3 is 0 Å². The van der Waals surface area contributed by atoms with E-state index in [-0.39, 0.29) is 13.1 Å². The Hall–Kier alpha value is -1.89. The molecule has 0 spiro atoms. The van der Waals surface area contributed by atoms with Crippen molar-refractivity contribution in [1.82, 2.24) is 9.44 Å². The van der Waals surface area contributed by atoms with Crippen molar-refractivity contribution in [2.75, 3.05) is 18.0 Å². The summed E-state index contributed by atoms with van der Waals surface area (Å²) in [5, 5.41) is 0. The van der Waals surface area contributed by atoms with Crippen molar-refractivity contribution in [1.29, 1.82) is 0 Å². The Balaban J connectivity index is 1.56. The van der Waals surface area contributed by atoms with Crippen LogP contribution >= 0.6 is 0 Å². The van der Waals surface area contributed by atoms with E-state index in [0.29, 0.717) is 0 Å². The molecule has 0 bridgehead atoms. The second-order valence-electron chi connectivity index (χ2n) is 6.45. The first-order chi connectivity index (χ1) is 12.0. The van der Waals surface area contributed by atoms with Gasteiger partial charge in [-0.1, -0.05) is 42.5 Å². The van der Waals surface area contributed by atoms with Crippen LogP contribution in [0, 0.1) is 6.92 Å². The van der Waals surface area contributed by atoms with Gasteiger partial charge in [0.25, 0.3) is 10.2 Å². The van der Waals surface area contributed by atoms with Crippen LogP contribution in [-0.2, 0) is 23.3 Å². The Morgan fingerprint density at radius 3 is 2.20 bits per heavy atom. The maximum Gasteiger partial charge on any atom is 0.277 e. The number of nitrogens with one attached hydrogen (secondary N) is 2. The highest BCUT2D eigenvalue weighted by Gasteiger charge is 2.15. The smallest absolute Gasteiger partial charge is 0.277 e. The predicted octanol–water partition coefficient (Wildman–Crippen LogP) is 2.72. The third kappa shape index (κ3) is 5.04. The van der Waals surface area contributed by atoms with Crippen molar-refractivity contribution >= 4 is 15.9 Å². The van der Waals surface area contributed by atoms with E-state index in [1.165, 1.54) is 24.1 Å². The molecule has 1 fully saturated rings. The van der Waals surface area contributed by atoms with Crippen molar-refractivity contribution in [2.24, 2.45) is 0 Å². The molecule has 2 aromatic rings. The molecule has 0 aromatic heterocycles. The van der Waals surface area contributed by atoms with E-state index in [0.717, 1.165) is 24.2 Å². The molecule has 2 aromatic carbocycles. The Labute approximate surface area is 150 Å². The minimum absolute atomic E-state index is 0.281. The van der Waals surface area contributed by atoms with Crippen molar-refractivity contribution in [3.8, 4) is 0 Å². The first-order valence-corrected chi connectivity index (χ1v) is 10.1. The molecule has 3 rings (SSSR count). The third-order valence-electron chi connectivity index (χ3n) is 4.48. The molecule has 2 N–H and O–H groups in total. The van der Waals surface area contributed by atoms with Gasteiger partial charge in [0, 0.05) is 31.9 Å². The fraction of sp³-hybridized carbons (Fsp3) is 0.368. The van der Waals surface area contributed by atoms with Gasteiger partial charge in [-0.25, -0.2) is 0 Å². The van der Waals surface area contributed by atoms with Crippen molar-refractivity contribution in [3.05, 3.63) is 65.2 Å². The lowest BCUT2D eigenvalue weighted by Crippen LogP contribution is -2.35. The summed E-state index contributed by atoms with van der Waals surface area (Å²) < 4.78 is 29.4. The third-order valence-corrected chi connectivity index (χ3v) is 5.53. The summed E-state index contributed by atoms with van der Waals surface area (Å²) in [5.74, 6) is 0. The van der Waals surface area contributed by atoms with E-state index in [9.17, 15) is 8.42 Å². The monoisotopic (exact) mass is 359 g/mol. The van der Waals surface area contributed by atoms with Crippen molar-refractivity contribution < 1.29 is 8.42 Å². The van der Waals surface area contributed by atoms with Gasteiger partial charge in [0.05, 0.1) is 0 Å². The highest BCUT2D eigenvalue weighted by molar-refractivity contribution is 7.87. The van der Waals surface area contributed by atoms with Crippen LogP contribution in [-0.4, -0.2) is 21.5 Å². The Morgan fingerprint density at radius 1 is 0.920 bits per heavy atom. The molecule has 1 heterocycles. The summed E-state index contributed by atoms with van der Waals surface area (Å²) in [6, 6.07) is 15.6. The molecule has 1 saturated heterocycles. The highest BCUT2D eigenvalue weighted by Crippen LogP contribution is 2.25. The first kappa shape index (κ1) is 17.9. The zero-order chi connectivity index (χ0) is 17.7. The van der Waals surface area contributed by atoms with E-state index >= 15 is 0 Å². The maximum absolute atomic E-state index is 12.1. The zero-order valence-corrected chi connectivity index (χ0v) is 15.3. The van der Waals surface area contributed by atoms with Crippen LogP contribution in [0.1, 0.15) is 29.5 Å². The van der Waals surface area contributed by atoms with Gasteiger partial charge < -0.3 is 4.90 Å². The zero-order valence-electron chi connectivity index (χ0n) is 14.5. The van der Waals surface area contributed by atoms with Crippen LogP contribution in [0.15, 0.2) is 48.5 Å². The van der Waals surface area contributed by atoms with E-state index in [2.05, 4.69) is 33.4 Å². The molecule has 0 radical (unpaired) electrons. The van der Waals surface area contributed by atoms with Crippen LogP contribution in [0.3, 0.4) is 0 Å². The van der Waals surface area contributed by atoms with Gasteiger partial charge in [0.15, 0.2) is 0 Å². The molecule has 0 atom stereocenters. The second kappa shape index (κ2) is 7.99. The van der Waals surface area contributed by atoms with Gasteiger partial charge in [-0.15, -0.1) is 0 Å². The van der Waals surface area contributed by atoms with Gasteiger partial charge in [-0.3, -0.25) is 0 Å². The van der Waals surface area contributed by atoms with Gasteiger partial charge in [-0.05, 0) is 42.5 Å². The number of rotatable bonds is 7. The lowest BCUT2D eigenvalue weighted by molar-refractivity contribution is 0.566. The Morgan fingerprint density at radius 2 is 1.56 bits per heavy atom. The highest BCUT2D eigenvalue weighted by atomic mass is 32.2. The summed E-state index contributed by atoms with van der Waals surface area (Å²) in [4.78, 5) is 2.39. The van der Waals surface area contributed by atoms with Crippen LogP contribution in [0.25, 0.3) is 0 Å². The second-order valence-corrected chi connectivity index (χ2v) is 8.03. The lowest BCUT2D eigenvalue weighted by Gasteiger charge is -2.20. The summed E-state index contributed by atoms with van der Waals surface area (Å²) in [6.45, 7) is 4.86. The van der Waals surface area contributed by atoms with E-state index in [1.54, 1.807) is 0 Å². The molecule has 1 aliphatic heterocycles. The minimum atomic E-state index is -3.53. The molecule has 1 aliphatic rings. The number of benzene rings is 2. The van der Waals surface area contributed by atoms with E-state index in [1.807, 2.05) is 36.4 Å². The topological polar surface area (TPSA) is 61.4 Å². The number of nitrogens with zero attached hydrogens (tertiary/aromatic N) is 1. The van der Waals surface area contributed by atoms with E-state index in [4.69, 9.17) is 0 Å². The first-order valence-electron chi connectivity index (χ1n) is 8.66. The van der Waals surface area contributed by atoms with Gasteiger partial charge in [-0.2, -0.15) is 17.9 Å². The average Bonchev–Trinajstić information content (AvgIpc) is 3.14. The van der Waals surface area contributed by atoms with Crippen LogP contribution in [0.5, 0.6) is 0 Å². The fourth-order valence-electron chi connectivity index (χ4n) is 3.14. The minimum Gasteiger partial charge on any atom is -0.371 e. The molecular weight excluding hydrogens is 334 g/mol. The number of anilines is 1. The number of hydrogen-bond acceptors (Lipinski definition) is 3. The van der Waals surface area contributed by atoms with Gasteiger partial charge in [0.2, 0.25) is 0 Å². The predicted molar refractivity (Wildman–Crippen MR) is 102 cm³/mol. The van der Waals surface area contributed by atoms with Gasteiger partial charge in [0.1, 0.15) is 0 Å². The van der Waals surface area contributed by atoms with Crippen LogP contribution in [0.2, 0.25) is 0 Å². The standard InChI is InChI=1S/C19H25N3O2S/c1-16-13-18(9-10-19(16)22-11-5-6-12-22)15-21-25(23,24)20-14-17-7-3-2-4-8-17/h2-4,7-10,13,20-21H,5-6,11-12,14-15H2,1H3. The molecule has 0 unspecified atom stereocenters. The summed E-state index contributed by atoms with van der Waals surface area (Å²) in [6.07, 6.45) is 2.49. The number of aryl methyl sites for hydroxylation is 1. The fourth-order valence-corrected chi connectivity index (χ4v) is 3.96. The van der Waals surface area contributed by atoms with Crippen molar-refractivity contribution in [3.63, 3.8) is 0 Å². The molecule has 134 valence electrons. The molecule has 6 heteroatoms. The summed E-state index contributed by atoms with van der Waals surface area (Å²) >= 11 is 0. The average molecular weight is 359 g/mol. The molecular formula is C19H25N3O2S. The normalized spacial score (nSPS) is 14.8. The molecule has 25 heavy (non-hydrogen) atoms. The molecule has 0 saturated carbocycles. The molecule has 5 nitrogen and oxygen atoms in total. The lowest BCUT2D eigenvalue weighted by atomic mass is 10.1. The largest absolute Gasteiger partial charge is 0.371 e. The molecule has 0 amide bonds. The Bertz CT molecular complexity index is 801. The van der Waals surface area contributed by atoms with Crippen molar-refractivity contribution in [2.45, 2.75) is 32.9 Å². The molecule has 0 aliphatic carbocycles. The summed E-state index contributed by atoms with van der Waals surface area (Å²) in [7, 11) is -3.53. The number of hydrogen-bond donors (Lipinski definition) is 2.